The molecule has 4 heteroatoms. The highest BCUT2D eigenvalue weighted by atomic mass is 16.5. The van der Waals surface area contributed by atoms with Crippen molar-refractivity contribution in [3.63, 3.8) is 0 Å². The maximum Gasteiger partial charge on any atom is 0.207 e. The van der Waals surface area contributed by atoms with Crippen molar-refractivity contribution in [3.8, 4) is 17.2 Å². The summed E-state index contributed by atoms with van der Waals surface area (Å²) in [7, 11) is 1.64. The molecular formula is C17H17NO3. The molecule has 2 aromatic rings. The van der Waals surface area contributed by atoms with Gasteiger partial charge in [0.2, 0.25) is 6.41 Å². The first-order chi connectivity index (χ1) is 10.3. The topological polar surface area (TPSA) is 47.6 Å². The van der Waals surface area contributed by atoms with E-state index in [2.05, 4.69) is 17.4 Å². The van der Waals surface area contributed by atoms with Gasteiger partial charge in [0.15, 0.2) is 11.5 Å². The fraction of sp³-hybridized carbons (Fsp3) is 0.235. The van der Waals surface area contributed by atoms with Crippen LogP contribution in [0, 0.1) is 0 Å². The average molecular weight is 283 g/mol. The van der Waals surface area contributed by atoms with Gasteiger partial charge < -0.3 is 14.8 Å². The Bertz CT molecular complexity index is 654. The third kappa shape index (κ3) is 2.44. The second-order valence-electron chi connectivity index (χ2n) is 4.93. The Morgan fingerprint density at radius 2 is 2.00 bits per heavy atom. The van der Waals surface area contributed by atoms with Crippen molar-refractivity contribution >= 4 is 6.41 Å². The van der Waals surface area contributed by atoms with Crippen molar-refractivity contribution in [2.75, 3.05) is 13.7 Å². The number of rotatable bonds is 5. The van der Waals surface area contributed by atoms with Gasteiger partial charge in [-0.25, -0.2) is 0 Å². The highest BCUT2D eigenvalue weighted by Gasteiger charge is 2.28. The first kappa shape index (κ1) is 13.5. The molecule has 21 heavy (non-hydrogen) atoms. The molecule has 1 aliphatic heterocycles. The second-order valence-corrected chi connectivity index (χ2v) is 4.93. The monoisotopic (exact) mass is 283 g/mol. The minimum absolute atomic E-state index is 0.188. The number of ether oxygens (including phenoxy) is 2. The lowest BCUT2D eigenvalue weighted by atomic mass is 9.85. The van der Waals surface area contributed by atoms with Crippen LogP contribution in [0.25, 0.3) is 0 Å². The lowest BCUT2D eigenvalue weighted by molar-refractivity contribution is -0.109. The molecule has 1 N–H and O–H groups in total. The van der Waals surface area contributed by atoms with Gasteiger partial charge in [-0.2, -0.15) is 0 Å². The molecule has 1 atom stereocenters. The number of methoxy groups -OCH3 is 1. The fourth-order valence-corrected chi connectivity index (χ4v) is 2.81. The van der Waals surface area contributed by atoms with E-state index in [1.165, 1.54) is 0 Å². The van der Waals surface area contributed by atoms with Crippen molar-refractivity contribution in [3.05, 3.63) is 53.6 Å². The maximum absolute atomic E-state index is 10.5. The summed E-state index contributed by atoms with van der Waals surface area (Å²) in [5.41, 5.74) is 2.24. The summed E-state index contributed by atoms with van der Waals surface area (Å²) < 4.78 is 11.4. The lowest BCUT2D eigenvalue weighted by Gasteiger charge is -2.29. The van der Waals surface area contributed by atoms with E-state index in [1.807, 2.05) is 30.3 Å². The zero-order valence-electron chi connectivity index (χ0n) is 11.8. The SMILES string of the molecule is COc1cccc2c1Oc1ccccc1C2CCNC=O. The molecule has 108 valence electrons. The summed E-state index contributed by atoms with van der Waals surface area (Å²) in [5.74, 6) is 2.54. The van der Waals surface area contributed by atoms with E-state index in [-0.39, 0.29) is 5.92 Å². The quantitative estimate of drug-likeness (QED) is 0.677. The third-order valence-electron chi connectivity index (χ3n) is 3.77. The molecule has 0 spiro atoms. The Morgan fingerprint density at radius 3 is 2.81 bits per heavy atom. The van der Waals surface area contributed by atoms with Crippen LogP contribution in [0.2, 0.25) is 0 Å². The molecular weight excluding hydrogens is 266 g/mol. The summed E-state index contributed by atoms with van der Waals surface area (Å²) >= 11 is 0. The van der Waals surface area contributed by atoms with Gasteiger partial charge in [0, 0.05) is 23.6 Å². The highest BCUT2D eigenvalue weighted by molar-refractivity contribution is 5.58. The summed E-state index contributed by atoms with van der Waals surface area (Å²) in [4.78, 5) is 10.5. The number of carbonyl (C=O) groups is 1. The largest absolute Gasteiger partial charge is 0.493 e. The van der Waals surface area contributed by atoms with Crippen molar-refractivity contribution in [2.24, 2.45) is 0 Å². The van der Waals surface area contributed by atoms with Gasteiger partial charge in [-0.1, -0.05) is 30.3 Å². The standard InChI is InChI=1S/C17H17NO3/c1-20-16-8-4-6-14-12(9-10-18-11-19)13-5-2-3-7-15(13)21-17(14)16/h2-8,11-12H,9-10H2,1H3,(H,18,19). The number of amides is 1. The molecule has 0 fully saturated rings. The third-order valence-corrected chi connectivity index (χ3v) is 3.77. The number of nitrogens with one attached hydrogen (secondary N) is 1. The molecule has 0 radical (unpaired) electrons. The molecule has 0 saturated heterocycles. The minimum atomic E-state index is 0.188. The number of carbonyl (C=O) groups excluding carboxylic acids is 1. The first-order valence-electron chi connectivity index (χ1n) is 6.96. The Labute approximate surface area is 123 Å². The summed E-state index contributed by atoms with van der Waals surface area (Å²) in [5, 5.41) is 2.73. The van der Waals surface area contributed by atoms with E-state index in [0.717, 1.165) is 41.2 Å². The molecule has 1 aliphatic rings. The van der Waals surface area contributed by atoms with Crippen molar-refractivity contribution in [1.29, 1.82) is 0 Å². The maximum atomic E-state index is 10.5. The molecule has 1 unspecified atom stereocenters. The van der Waals surface area contributed by atoms with E-state index in [4.69, 9.17) is 9.47 Å². The zero-order chi connectivity index (χ0) is 14.7. The van der Waals surface area contributed by atoms with Gasteiger partial charge in [0.25, 0.3) is 0 Å². The molecule has 0 aliphatic carbocycles. The van der Waals surface area contributed by atoms with Crippen LogP contribution in [0.15, 0.2) is 42.5 Å². The van der Waals surface area contributed by atoms with Gasteiger partial charge >= 0.3 is 0 Å². The van der Waals surface area contributed by atoms with E-state index < -0.39 is 0 Å². The summed E-state index contributed by atoms with van der Waals surface area (Å²) in [6, 6.07) is 13.9. The van der Waals surface area contributed by atoms with E-state index in [0.29, 0.717) is 6.54 Å². The van der Waals surface area contributed by atoms with E-state index in [9.17, 15) is 4.79 Å². The van der Waals surface area contributed by atoms with Gasteiger partial charge in [0.1, 0.15) is 5.75 Å². The number of fused-ring (bicyclic) bond motifs is 2. The van der Waals surface area contributed by atoms with Crippen LogP contribution in [-0.4, -0.2) is 20.1 Å². The van der Waals surface area contributed by atoms with Crippen LogP contribution in [0.4, 0.5) is 0 Å². The lowest BCUT2D eigenvalue weighted by Crippen LogP contribution is -2.18. The molecule has 0 bridgehead atoms. The molecule has 1 heterocycles. The van der Waals surface area contributed by atoms with Gasteiger partial charge in [-0.15, -0.1) is 0 Å². The van der Waals surface area contributed by atoms with Crippen LogP contribution >= 0.6 is 0 Å². The molecule has 2 aromatic carbocycles. The Balaban J connectivity index is 2.04. The smallest absolute Gasteiger partial charge is 0.207 e. The Morgan fingerprint density at radius 1 is 1.19 bits per heavy atom. The predicted molar refractivity (Wildman–Crippen MR) is 80.0 cm³/mol. The average Bonchev–Trinajstić information content (AvgIpc) is 2.54. The van der Waals surface area contributed by atoms with Crippen molar-refractivity contribution in [1.82, 2.24) is 5.32 Å². The predicted octanol–water partition coefficient (Wildman–Crippen LogP) is 3.07. The molecule has 4 nitrogen and oxygen atoms in total. The van der Waals surface area contributed by atoms with Gasteiger partial charge in [-0.3, -0.25) is 4.79 Å². The van der Waals surface area contributed by atoms with Crippen LogP contribution in [0.3, 0.4) is 0 Å². The molecule has 0 saturated carbocycles. The Kier molecular flexibility index (Phi) is 3.77. The van der Waals surface area contributed by atoms with Crippen LogP contribution in [-0.2, 0) is 4.79 Å². The van der Waals surface area contributed by atoms with Gasteiger partial charge in [-0.05, 0) is 18.6 Å². The van der Waals surface area contributed by atoms with Crippen molar-refractivity contribution < 1.29 is 14.3 Å². The van der Waals surface area contributed by atoms with Crippen molar-refractivity contribution in [2.45, 2.75) is 12.3 Å². The van der Waals surface area contributed by atoms with E-state index >= 15 is 0 Å². The van der Waals surface area contributed by atoms with Crippen LogP contribution in [0.5, 0.6) is 17.2 Å². The molecule has 1 amide bonds. The number of hydrogen-bond acceptors (Lipinski definition) is 3. The van der Waals surface area contributed by atoms with Crippen LogP contribution in [0.1, 0.15) is 23.5 Å². The number of benzene rings is 2. The highest BCUT2D eigenvalue weighted by Crippen LogP contribution is 2.49. The number of para-hydroxylation sites is 2. The number of hydrogen-bond donors (Lipinski definition) is 1. The zero-order valence-corrected chi connectivity index (χ0v) is 11.8. The van der Waals surface area contributed by atoms with Gasteiger partial charge in [0.05, 0.1) is 7.11 Å². The second kappa shape index (κ2) is 5.87. The summed E-state index contributed by atoms with van der Waals surface area (Å²) in [6.45, 7) is 0.624. The molecule has 0 aromatic heterocycles. The minimum Gasteiger partial charge on any atom is -0.493 e. The summed E-state index contributed by atoms with van der Waals surface area (Å²) in [6.07, 6.45) is 1.55. The molecule has 3 rings (SSSR count). The fourth-order valence-electron chi connectivity index (χ4n) is 2.81. The van der Waals surface area contributed by atoms with E-state index in [1.54, 1.807) is 7.11 Å². The Hall–Kier alpha value is -2.49. The normalized spacial score (nSPS) is 15.4. The first-order valence-corrected chi connectivity index (χ1v) is 6.96. The van der Waals surface area contributed by atoms with Crippen LogP contribution < -0.4 is 14.8 Å².